The van der Waals surface area contributed by atoms with Crippen molar-refractivity contribution < 1.29 is 19.0 Å². The van der Waals surface area contributed by atoms with Gasteiger partial charge in [0.05, 0.1) is 39.4 Å². The summed E-state index contributed by atoms with van der Waals surface area (Å²) in [7, 11) is 1.46. The number of piperidine rings is 1. The molecule has 1 N–H and O–H groups in total. The van der Waals surface area contributed by atoms with E-state index < -0.39 is 0 Å². The van der Waals surface area contributed by atoms with Crippen LogP contribution >= 0.6 is 24.0 Å². The number of esters is 1. The van der Waals surface area contributed by atoms with E-state index in [0.717, 1.165) is 49.6 Å². The molecule has 1 aliphatic heterocycles. The van der Waals surface area contributed by atoms with Crippen molar-refractivity contribution in [3.63, 3.8) is 0 Å². The Kier molecular flexibility index (Phi) is 13.7. The zero-order valence-electron chi connectivity index (χ0n) is 18.4. The third kappa shape index (κ3) is 9.18. The topological polar surface area (TPSA) is 72.4 Å². The third-order valence-corrected chi connectivity index (χ3v) is 4.91. The Morgan fingerprint density at radius 3 is 2.53 bits per heavy atom. The highest BCUT2D eigenvalue weighted by atomic mass is 127. The number of likely N-dealkylation sites (tertiary alicyclic amines) is 1. The van der Waals surface area contributed by atoms with Crippen LogP contribution in [0.25, 0.3) is 0 Å². The zero-order valence-corrected chi connectivity index (χ0v) is 20.7. The SMILES string of the molecule is CCNC(=NCc1cccc(COCCOCC)c1)N1CCC(C(=O)OC)CC1.I. The first kappa shape index (κ1) is 26.6. The van der Waals surface area contributed by atoms with E-state index in [9.17, 15) is 4.79 Å². The van der Waals surface area contributed by atoms with Gasteiger partial charge in [-0.1, -0.05) is 24.3 Å². The van der Waals surface area contributed by atoms with Crippen LogP contribution < -0.4 is 5.32 Å². The van der Waals surface area contributed by atoms with E-state index in [1.165, 1.54) is 7.11 Å². The van der Waals surface area contributed by atoms with Crippen LogP contribution in [0.3, 0.4) is 0 Å². The van der Waals surface area contributed by atoms with Crippen LogP contribution in [0, 0.1) is 5.92 Å². The number of carbonyl (C=O) groups excluding carboxylic acids is 1. The van der Waals surface area contributed by atoms with Gasteiger partial charge in [0.1, 0.15) is 0 Å². The smallest absolute Gasteiger partial charge is 0.308 e. The van der Waals surface area contributed by atoms with E-state index >= 15 is 0 Å². The van der Waals surface area contributed by atoms with Crippen molar-refractivity contribution in [1.82, 2.24) is 10.2 Å². The molecule has 0 saturated carbocycles. The summed E-state index contributed by atoms with van der Waals surface area (Å²) in [5.41, 5.74) is 2.29. The molecular formula is C22H36IN3O4. The molecule has 8 heteroatoms. The van der Waals surface area contributed by atoms with Gasteiger partial charge in [-0.3, -0.25) is 4.79 Å². The lowest BCUT2D eigenvalue weighted by Crippen LogP contribution is -2.46. The predicted octanol–water partition coefficient (Wildman–Crippen LogP) is 3.21. The minimum atomic E-state index is -0.105. The first-order chi connectivity index (χ1) is 14.2. The summed E-state index contributed by atoms with van der Waals surface area (Å²) in [4.78, 5) is 18.8. The van der Waals surface area contributed by atoms with Gasteiger partial charge in [0.2, 0.25) is 0 Å². The highest BCUT2D eigenvalue weighted by molar-refractivity contribution is 14.0. The average molecular weight is 533 g/mol. The van der Waals surface area contributed by atoms with Crippen LogP contribution in [-0.4, -0.2) is 63.4 Å². The van der Waals surface area contributed by atoms with E-state index in [1.807, 2.05) is 13.0 Å². The fourth-order valence-electron chi connectivity index (χ4n) is 3.36. The zero-order chi connectivity index (χ0) is 20.9. The van der Waals surface area contributed by atoms with Crippen molar-refractivity contribution in [3.8, 4) is 0 Å². The third-order valence-electron chi connectivity index (χ3n) is 4.91. The lowest BCUT2D eigenvalue weighted by molar-refractivity contribution is -0.146. The number of guanidine groups is 1. The fourth-order valence-corrected chi connectivity index (χ4v) is 3.36. The van der Waals surface area contributed by atoms with Gasteiger partial charge in [0.15, 0.2) is 5.96 Å². The molecular weight excluding hydrogens is 497 g/mol. The largest absolute Gasteiger partial charge is 0.469 e. The van der Waals surface area contributed by atoms with Crippen molar-refractivity contribution in [2.24, 2.45) is 10.9 Å². The van der Waals surface area contributed by atoms with Crippen molar-refractivity contribution >= 4 is 35.9 Å². The Balaban J connectivity index is 0.00000450. The fraction of sp³-hybridized carbons (Fsp3) is 0.636. The van der Waals surface area contributed by atoms with Crippen LogP contribution in [-0.2, 0) is 32.2 Å². The second kappa shape index (κ2) is 15.4. The maximum Gasteiger partial charge on any atom is 0.308 e. The van der Waals surface area contributed by atoms with E-state index in [-0.39, 0.29) is 35.9 Å². The van der Waals surface area contributed by atoms with Crippen LogP contribution in [0.1, 0.15) is 37.8 Å². The number of methoxy groups -OCH3 is 1. The second-order valence-electron chi connectivity index (χ2n) is 7.02. The molecule has 30 heavy (non-hydrogen) atoms. The van der Waals surface area contributed by atoms with Gasteiger partial charge in [-0.2, -0.15) is 0 Å². The minimum Gasteiger partial charge on any atom is -0.469 e. The number of hydrogen-bond acceptors (Lipinski definition) is 5. The number of hydrogen-bond donors (Lipinski definition) is 1. The normalized spacial score (nSPS) is 14.9. The summed E-state index contributed by atoms with van der Waals surface area (Å²) in [5, 5.41) is 3.37. The molecule has 7 nitrogen and oxygen atoms in total. The Labute approximate surface area is 197 Å². The molecule has 0 aromatic heterocycles. The summed E-state index contributed by atoms with van der Waals surface area (Å²) in [6.45, 7) is 9.58. The Bertz CT molecular complexity index is 649. The molecule has 0 unspecified atom stereocenters. The number of ether oxygens (including phenoxy) is 3. The first-order valence-electron chi connectivity index (χ1n) is 10.5. The molecule has 1 aromatic rings. The molecule has 0 atom stereocenters. The van der Waals surface area contributed by atoms with Crippen molar-refractivity contribution in [3.05, 3.63) is 35.4 Å². The molecule has 170 valence electrons. The summed E-state index contributed by atoms with van der Waals surface area (Å²) in [6, 6.07) is 8.33. The lowest BCUT2D eigenvalue weighted by Gasteiger charge is -2.33. The molecule has 0 bridgehead atoms. The minimum absolute atomic E-state index is 0. The number of carbonyl (C=O) groups is 1. The molecule has 1 heterocycles. The summed E-state index contributed by atoms with van der Waals surface area (Å²) in [5.74, 6) is 0.791. The molecule has 1 fully saturated rings. The first-order valence-corrected chi connectivity index (χ1v) is 10.5. The van der Waals surface area contributed by atoms with E-state index in [0.29, 0.717) is 33.0 Å². The van der Waals surface area contributed by atoms with Crippen molar-refractivity contribution in [2.45, 2.75) is 39.8 Å². The van der Waals surface area contributed by atoms with E-state index in [4.69, 9.17) is 19.2 Å². The maximum absolute atomic E-state index is 11.7. The summed E-state index contributed by atoms with van der Waals surface area (Å²) in [6.07, 6.45) is 1.59. The quantitative estimate of drug-likeness (QED) is 0.164. The Morgan fingerprint density at radius 2 is 1.87 bits per heavy atom. The molecule has 0 aliphatic carbocycles. The number of nitrogens with zero attached hydrogens (tertiary/aromatic N) is 2. The molecule has 1 aliphatic rings. The number of rotatable bonds is 10. The molecule has 1 saturated heterocycles. The monoisotopic (exact) mass is 533 g/mol. The molecule has 0 amide bonds. The van der Waals surface area contributed by atoms with Gasteiger partial charge in [-0.05, 0) is 37.8 Å². The van der Waals surface area contributed by atoms with Crippen LogP contribution in [0.4, 0.5) is 0 Å². The molecule has 1 aromatic carbocycles. The van der Waals surface area contributed by atoms with Gasteiger partial charge in [0, 0.05) is 26.2 Å². The van der Waals surface area contributed by atoms with Gasteiger partial charge < -0.3 is 24.4 Å². The van der Waals surface area contributed by atoms with Crippen LogP contribution in [0.15, 0.2) is 29.3 Å². The highest BCUT2D eigenvalue weighted by Crippen LogP contribution is 2.18. The number of nitrogens with one attached hydrogen (secondary N) is 1. The van der Waals surface area contributed by atoms with Gasteiger partial charge in [-0.15, -0.1) is 24.0 Å². The van der Waals surface area contributed by atoms with E-state index in [2.05, 4.69) is 35.3 Å². The number of benzene rings is 1. The Hall–Kier alpha value is -1.39. The molecule has 0 spiro atoms. The van der Waals surface area contributed by atoms with Crippen LogP contribution in [0.2, 0.25) is 0 Å². The number of halogens is 1. The van der Waals surface area contributed by atoms with Gasteiger partial charge in [-0.25, -0.2) is 4.99 Å². The van der Waals surface area contributed by atoms with Crippen LogP contribution in [0.5, 0.6) is 0 Å². The summed E-state index contributed by atoms with van der Waals surface area (Å²) < 4.78 is 15.8. The average Bonchev–Trinajstić information content (AvgIpc) is 2.76. The van der Waals surface area contributed by atoms with Gasteiger partial charge >= 0.3 is 5.97 Å². The van der Waals surface area contributed by atoms with E-state index in [1.54, 1.807) is 0 Å². The predicted molar refractivity (Wildman–Crippen MR) is 129 cm³/mol. The van der Waals surface area contributed by atoms with Crippen molar-refractivity contribution in [1.29, 1.82) is 0 Å². The Morgan fingerprint density at radius 1 is 1.17 bits per heavy atom. The second-order valence-corrected chi connectivity index (χ2v) is 7.02. The molecule has 0 radical (unpaired) electrons. The molecule has 2 rings (SSSR count). The number of aliphatic imine (C=N–C) groups is 1. The lowest BCUT2D eigenvalue weighted by atomic mass is 9.97. The maximum atomic E-state index is 11.7. The highest BCUT2D eigenvalue weighted by Gasteiger charge is 2.26. The van der Waals surface area contributed by atoms with Gasteiger partial charge in [0.25, 0.3) is 0 Å². The standard InChI is InChI=1S/C22H35N3O4.HI/c1-4-23-22(25-11-9-20(10-12-25)21(26)27-3)24-16-18-7-6-8-19(15-18)17-29-14-13-28-5-2;/h6-8,15,20H,4-5,9-14,16-17H2,1-3H3,(H,23,24);1H. The van der Waals surface area contributed by atoms with Crippen molar-refractivity contribution in [2.75, 3.05) is 46.6 Å². The summed E-state index contributed by atoms with van der Waals surface area (Å²) >= 11 is 0.